The van der Waals surface area contributed by atoms with E-state index in [1.807, 2.05) is 0 Å². The lowest BCUT2D eigenvalue weighted by Crippen LogP contribution is -2.29. The Labute approximate surface area is 331 Å². The van der Waals surface area contributed by atoms with Crippen molar-refractivity contribution in [2.75, 3.05) is 0 Å². The molecule has 57 heavy (non-hydrogen) atoms. The first-order valence-electron chi connectivity index (χ1n) is 19.9. The van der Waals surface area contributed by atoms with E-state index in [1.165, 1.54) is 109 Å². The molecule has 11 aromatic rings. The first-order chi connectivity index (χ1) is 28.3. The summed E-state index contributed by atoms with van der Waals surface area (Å²) in [5.41, 5.74) is 12.2. The van der Waals surface area contributed by atoms with Gasteiger partial charge in [0.1, 0.15) is 0 Å². The van der Waals surface area contributed by atoms with Gasteiger partial charge in [0.2, 0.25) is 0 Å². The van der Waals surface area contributed by atoms with Gasteiger partial charge in [-0.3, -0.25) is 0 Å². The van der Waals surface area contributed by atoms with Crippen molar-refractivity contribution in [2.45, 2.75) is 5.41 Å². The molecule has 0 radical (unpaired) electrons. The van der Waals surface area contributed by atoms with E-state index in [0.717, 1.165) is 0 Å². The topological polar surface area (TPSA) is 0 Å². The Bertz CT molecular complexity index is 3350. The highest BCUT2D eigenvalue weighted by Gasteiger charge is 2.48. The maximum Gasteiger partial charge on any atom is 0.0720 e. The minimum absolute atomic E-state index is 0.595. The van der Waals surface area contributed by atoms with Gasteiger partial charge >= 0.3 is 0 Å². The Morgan fingerprint density at radius 3 is 1.56 bits per heavy atom. The van der Waals surface area contributed by atoms with Crippen LogP contribution in [0.4, 0.5) is 0 Å². The van der Waals surface area contributed by atoms with Gasteiger partial charge < -0.3 is 0 Å². The summed E-state index contributed by atoms with van der Waals surface area (Å²) < 4.78 is 0. The van der Waals surface area contributed by atoms with E-state index in [0.29, 0.717) is 0 Å². The van der Waals surface area contributed by atoms with Crippen LogP contribution in [0, 0.1) is 0 Å². The third kappa shape index (κ3) is 4.62. The molecule has 0 aliphatic heterocycles. The molecule has 0 amide bonds. The molecule has 0 spiro atoms. The van der Waals surface area contributed by atoms with Gasteiger partial charge in [-0.15, -0.1) is 0 Å². The maximum atomic E-state index is 2.55. The van der Waals surface area contributed by atoms with Crippen molar-refractivity contribution in [3.05, 3.63) is 241 Å². The normalized spacial score (nSPS) is 13.1. The van der Waals surface area contributed by atoms with Gasteiger partial charge in [-0.05, 0) is 134 Å². The van der Waals surface area contributed by atoms with E-state index in [2.05, 4.69) is 218 Å². The van der Waals surface area contributed by atoms with Gasteiger partial charge in [-0.1, -0.05) is 194 Å². The zero-order chi connectivity index (χ0) is 37.5. The molecular formula is C57H36. The highest BCUT2D eigenvalue weighted by molar-refractivity contribution is 6.20. The Kier molecular flexibility index (Phi) is 6.94. The van der Waals surface area contributed by atoms with E-state index < -0.39 is 5.41 Å². The number of hydrogen-bond acceptors (Lipinski definition) is 0. The quantitative estimate of drug-likeness (QED) is 0.125. The van der Waals surface area contributed by atoms with Gasteiger partial charge in [0.25, 0.3) is 0 Å². The van der Waals surface area contributed by atoms with E-state index in [9.17, 15) is 0 Å². The predicted molar refractivity (Wildman–Crippen MR) is 242 cm³/mol. The van der Waals surface area contributed by atoms with E-state index in [4.69, 9.17) is 0 Å². The molecule has 0 fully saturated rings. The van der Waals surface area contributed by atoms with Crippen LogP contribution in [0.15, 0.2) is 218 Å². The van der Waals surface area contributed by atoms with Crippen molar-refractivity contribution in [2.24, 2.45) is 0 Å². The molecule has 11 aromatic carbocycles. The van der Waals surface area contributed by atoms with E-state index in [1.54, 1.807) is 0 Å². The molecule has 0 saturated carbocycles. The van der Waals surface area contributed by atoms with Crippen molar-refractivity contribution in [3.63, 3.8) is 0 Å². The molecule has 0 aromatic heterocycles. The van der Waals surface area contributed by atoms with Crippen LogP contribution < -0.4 is 0 Å². The molecule has 0 heteroatoms. The van der Waals surface area contributed by atoms with Gasteiger partial charge in [0, 0.05) is 0 Å². The minimum Gasteiger partial charge on any atom is -0.0622 e. The summed E-state index contributed by atoms with van der Waals surface area (Å²) in [5, 5.41) is 12.6. The molecule has 0 atom stereocenters. The van der Waals surface area contributed by atoms with E-state index in [-0.39, 0.29) is 0 Å². The van der Waals surface area contributed by atoms with Crippen LogP contribution in [0.25, 0.3) is 87.2 Å². The number of rotatable bonds is 4. The standard InChI is InChI=1S/C57H36/c1-3-20-44(21-4-1)57(45-22-5-2-6-23-45)53-36-43(54-47-25-13-10-18-40(47)35-52-46-24-12-9-16-38(46)29-31-49(52)54)30-32-50(53)55-51(34-41-19-11-14-26-48(41)56(55)57)42-28-27-37-15-7-8-17-39(37)33-42/h1-36H. The first kappa shape index (κ1) is 32.0. The highest BCUT2D eigenvalue weighted by atomic mass is 14.5. The third-order valence-electron chi connectivity index (χ3n) is 12.6. The second kappa shape index (κ2) is 12.4. The summed E-state index contributed by atoms with van der Waals surface area (Å²) in [7, 11) is 0. The first-order valence-corrected chi connectivity index (χ1v) is 19.9. The zero-order valence-electron chi connectivity index (χ0n) is 31.3. The Morgan fingerprint density at radius 2 is 0.825 bits per heavy atom. The zero-order valence-corrected chi connectivity index (χ0v) is 31.3. The Morgan fingerprint density at radius 1 is 0.263 bits per heavy atom. The van der Waals surface area contributed by atoms with Crippen molar-refractivity contribution in [3.8, 4) is 33.4 Å². The molecule has 0 heterocycles. The lowest BCUT2D eigenvalue weighted by molar-refractivity contribution is 0.776. The van der Waals surface area contributed by atoms with Gasteiger partial charge in [-0.25, -0.2) is 0 Å². The van der Waals surface area contributed by atoms with Gasteiger partial charge in [-0.2, -0.15) is 0 Å². The highest BCUT2D eigenvalue weighted by Crippen LogP contribution is 2.61. The second-order valence-electron chi connectivity index (χ2n) is 15.6. The largest absolute Gasteiger partial charge is 0.0720 e. The van der Waals surface area contributed by atoms with Gasteiger partial charge in [0.15, 0.2) is 0 Å². The molecule has 264 valence electrons. The van der Waals surface area contributed by atoms with Crippen LogP contribution in [0.3, 0.4) is 0 Å². The summed E-state index contributed by atoms with van der Waals surface area (Å²) in [4.78, 5) is 0. The van der Waals surface area contributed by atoms with Crippen LogP contribution in [0.5, 0.6) is 0 Å². The van der Waals surface area contributed by atoms with Crippen LogP contribution in [0.2, 0.25) is 0 Å². The molecular weight excluding hydrogens is 685 g/mol. The third-order valence-corrected chi connectivity index (χ3v) is 12.6. The predicted octanol–water partition coefficient (Wildman–Crippen LogP) is 15.1. The Balaban J connectivity index is 1.26. The molecule has 0 bridgehead atoms. The lowest BCUT2D eigenvalue weighted by Gasteiger charge is -2.35. The number of hydrogen-bond donors (Lipinski definition) is 0. The molecule has 1 aliphatic carbocycles. The minimum atomic E-state index is -0.595. The fraction of sp³-hybridized carbons (Fsp3) is 0.0175. The second-order valence-corrected chi connectivity index (χ2v) is 15.6. The van der Waals surface area contributed by atoms with Crippen LogP contribution >= 0.6 is 0 Å². The molecule has 0 unspecified atom stereocenters. The van der Waals surface area contributed by atoms with Crippen molar-refractivity contribution in [1.29, 1.82) is 0 Å². The number of fused-ring (bicyclic) bond motifs is 10. The molecule has 0 saturated heterocycles. The van der Waals surface area contributed by atoms with Crippen molar-refractivity contribution in [1.82, 2.24) is 0 Å². The lowest BCUT2D eigenvalue weighted by atomic mass is 9.66. The van der Waals surface area contributed by atoms with Crippen LogP contribution in [-0.4, -0.2) is 0 Å². The smallest absolute Gasteiger partial charge is 0.0622 e. The fourth-order valence-corrected chi connectivity index (χ4v) is 10.2. The maximum absolute atomic E-state index is 2.55. The average Bonchev–Trinajstić information content (AvgIpc) is 3.60. The summed E-state index contributed by atoms with van der Waals surface area (Å²) in [6.45, 7) is 0. The fourth-order valence-electron chi connectivity index (χ4n) is 10.2. The monoisotopic (exact) mass is 720 g/mol. The SMILES string of the molecule is c1ccc(C2(c3ccccc3)c3cc(-c4c5ccccc5cc5c4ccc4ccccc45)ccc3-c3c(-c4ccc5ccccc5c4)cc4ccccc4c32)cc1. The van der Waals surface area contributed by atoms with E-state index >= 15 is 0 Å². The molecule has 1 aliphatic rings. The van der Waals surface area contributed by atoms with Crippen molar-refractivity contribution >= 4 is 53.9 Å². The summed E-state index contributed by atoms with van der Waals surface area (Å²) in [5.74, 6) is 0. The van der Waals surface area contributed by atoms with Gasteiger partial charge in [0.05, 0.1) is 5.41 Å². The van der Waals surface area contributed by atoms with Crippen LogP contribution in [0.1, 0.15) is 22.3 Å². The summed E-state index contributed by atoms with van der Waals surface area (Å²) in [6.07, 6.45) is 0. The van der Waals surface area contributed by atoms with Crippen molar-refractivity contribution < 1.29 is 0 Å². The molecule has 0 N–H and O–H groups in total. The van der Waals surface area contributed by atoms with Crippen LogP contribution in [-0.2, 0) is 5.41 Å². The number of benzene rings is 11. The average molecular weight is 721 g/mol. The Hall–Kier alpha value is -7.28. The summed E-state index contributed by atoms with van der Waals surface area (Å²) >= 11 is 0. The summed E-state index contributed by atoms with van der Waals surface area (Å²) in [6, 6.07) is 81.7. The molecule has 12 rings (SSSR count). The molecule has 0 nitrogen and oxygen atoms in total.